The van der Waals surface area contributed by atoms with E-state index in [1.807, 2.05) is 12.1 Å². The third-order valence-electron chi connectivity index (χ3n) is 1.88. The van der Waals surface area contributed by atoms with Gasteiger partial charge in [0.05, 0.1) is 22.7 Å². The minimum atomic E-state index is -3.78. The highest BCUT2D eigenvalue weighted by molar-refractivity contribution is 7.89. The number of nitriles is 2. The Bertz CT molecular complexity index is 599. The van der Waals surface area contributed by atoms with Crippen LogP contribution in [0.3, 0.4) is 0 Å². The Morgan fingerprint density at radius 2 is 2.06 bits per heavy atom. The zero-order valence-electron chi connectivity index (χ0n) is 8.64. The van der Waals surface area contributed by atoms with E-state index in [1.165, 1.54) is 18.2 Å². The lowest BCUT2D eigenvalue weighted by atomic mass is 10.2. The van der Waals surface area contributed by atoms with E-state index in [9.17, 15) is 8.42 Å². The molecule has 88 valence electrons. The van der Waals surface area contributed by atoms with Crippen LogP contribution in [0.1, 0.15) is 12.0 Å². The third kappa shape index (κ3) is 3.43. The normalized spacial score (nSPS) is 10.5. The maximum atomic E-state index is 11.8. The summed E-state index contributed by atoms with van der Waals surface area (Å²) in [6.07, 6.45) is 0.0643. The molecule has 5 nitrogen and oxygen atoms in total. The minimum Gasteiger partial charge on any atom is -0.210 e. The molecule has 1 rings (SSSR count). The fourth-order valence-electron chi connectivity index (χ4n) is 1.10. The van der Waals surface area contributed by atoms with Crippen LogP contribution in [0, 0.1) is 22.7 Å². The van der Waals surface area contributed by atoms with Crippen LogP contribution in [0.4, 0.5) is 0 Å². The molecule has 0 aliphatic carbocycles. The van der Waals surface area contributed by atoms with E-state index in [-0.39, 0.29) is 28.4 Å². The number of nitrogens with one attached hydrogen (secondary N) is 1. The largest absolute Gasteiger partial charge is 0.242 e. The number of rotatable bonds is 4. The second-order valence-electron chi connectivity index (χ2n) is 3.06. The van der Waals surface area contributed by atoms with Gasteiger partial charge in [0.15, 0.2) is 0 Å². The van der Waals surface area contributed by atoms with Crippen molar-refractivity contribution in [1.29, 1.82) is 10.5 Å². The summed E-state index contributed by atoms with van der Waals surface area (Å²) in [7, 11) is -3.78. The molecule has 0 amide bonds. The van der Waals surface area contributed by atoms with Gasteiger partial charge in [0.1, 0.15) is 4.90 Å². The van der Waals surface area contributed by atoms with E-state index >= 15 is 0 Å². The summed E-state index contributed by atoms with van der Waals surface area (Å²) in [5.74, 6) is 0. The van der Waals surface area contributed by atoms with Gasteiger partial charge in [-0.2, -0.15) is 10.5 Å². The second-order valence-corrected chi connectivity index (χ2v) is 5.21. The topological polar surface area (TPSA) is 93.8 Å². The summed E-state index contributed by atoms with van der Waals surface area (Å²) in [6.45, 7) is 0.00590. The van der Waals surface area contributed by atoms with Crippen molar-refractivity contribution in [3.63, 3.8) is 0 Å². The van der Waals surface area contributed by atoms with E-state index in [1.54, 1.807) is 0 Å². The van der Waals surface area contributed by atoms with Gasteiger partial charge in [0.2, 0.25) is 10.0 Å². The van der Waals surface area contributed by atoms with Crippen molar-refractivity contribution in [3.05, 3.63) is 28.8 Å². The average Bonchev–Trinajstić information content (AvgIpc) is 2.29. The fraction of sp³-hybridized carbons (Fsp3) is 0.200. The van der Waals surface area contributed by atoms with E-state index in [2.05, 4.69) is 4.72 Å². The highest BCUT2D eigenvalue weighted by atomic mass is 35.5. The van der Waals surface area contributed by atoms with Crippen molar-refractivity contribution in [2.24, 2.45) is 0 Å². The molecule has 0 heterocycles. The number of benzene rings is 1. The molecule has 0 atom stereocenters. The van der Waals surface area contributed by atoms with Crippen LogP contribution in [0.5, 0.6) is 0 Å². The summed E-state index contributed by atoms with van der Waals surface area (Å²) >= 11 is 5.76. The van der Waals surface area contributed by atoms with Gasteiger partial charge >= 0.3 is 0 Å². The first-order valence-electron chi connectivity index (χ1n) is 4.57. The lowest BCUT2D eigenvalue weighted by molar-refractivity contribution is 0.582. The Balaban J connectivity index is 3.07. The Hall–Kier alpha value is -1.60. The smallest absolute Gasteiger partial charge is 0.210 e. The van der Waals surface area contributed by atoms with Crippen LogP contribution in [0.25, 0.3) is 0 Å². The summed E-state index contributed by atoms with van der Waals surface area (Å²) in [5, 5.41) is 17.0. The Labute approximate surface area is 104 Å². The molecule has 0 radical (unpaired) electrons. The Morgan fingerprint density at radius 1 is 1.35 bits per heavy atom. The SMILES string of the molecule is N#CCCNS(=O)(=O)c1cc(C#N)ccc1Cl. The van der Waals surface area contributed by atoms with E-state index in [0.29, 0.717) is 0 Å². The summed E-state index contributed by atoms with van der Waals surface area (Å²) in [4.78, 5) is -0.156. The quantitative estimate of drug-likeness (QED) is 0.836. The van der Waals surface area contributed by atoms with Crippen molar-refractivity contribution < 1.29 is 8.42 Å². The van der Waals surface area contributed by atoms with Crippen molar-refractivity contribution in [2.45, 2.75) is 11.3 Å². The van der Waals surface area contributed by atoms with Gasteiger partial charge < -0.3 is 0 Å². The molecule has 1 N–H and O–H groups in total. The lowest BCUT2D eigenvalue weighted by Crippen LogP contribution is -2.24. The number of halogens is 1. The fourth-order valence-corrected chi connectivity index (χ4v) is 2.65. The molecule has 0 saturated carbocycles. The Kier molecular flexibility index (Phi) is 4.47. The van der Waals surface area contributed by atoms with E-state index in [4.69, 9.17) is 22.1 Å². The zero-order chi connectivity index (χ0) is 12.9. The van der Waals surface area contributed by atoms with Crippen molar-refractivity contribution in [3.8, 4) is 12.1 Å². The molecule has 1 aromatic carbocycles. The van der Waals surface area contributed by atoms with Crippen LogP contribution in [0.15, 0.2) is 23.1 Å². The van der Waals surface area contributed by atoms with Crippen LogP contribution >= 0.6 is 11.6 Å². The highest BCUT2D eigenvalue weighted by Gasteiger charge is 2.17. The molecule has 0 spiro atoms. The molecule has 0 aliphatic heterocycles. The van der Waals surface area contributed by atoms with E-state index in [0.717, 1.165) is 0 Å². The first-order valence-corrected chi connectivity index (χ1v) is 6.43. The lowest BCUT2D eigenvalue weighted by Gasteiger charge is -2.07. The standard InChI is InChI=1S/C10H8ClN3O2S/c11-9-3-2-8(7-13)6-10(9)17(15,16)14-5-1-4-12/h2-3,6,14H,1,5H2. The van der Waals surface area contributed by atoms with Crippen LogP contribution < -0.4 is 4.72 Å². The van der Waals surface area contributed by atoms with Crippen molar-refractivity contribution in [1.82, 2.24) is 4.72 Å². The average molecular weight is 270 g/mol. The maximum absolute atomic E-state index is 11.8. The first kappa shape index (κ1) is 13.5. The van der Waals surface area contributed by atoms with Gasteiger partial charge in [-0.1, -0.05) is 11.6 Å². The molecule has 1 aromatic rings. The summed E-state index contributed by atoms with van der Waals surface area (Å²) in [5.41, 5.74) is 0.204. The number of nitrogens with zero attached hydrogens (tertiary/aromatic N) is 2. The number of hydrogen-bond donors (Lipinski definition) is 1. The second kappa shape index (κ2) is 5.65. The molecule has 17 heavy (non-hydrogen) atoms. The van der Waals surface area contributed by atoms with Crippen molar-refractivity contribution in [2.75, 3.05) is 6.54 Å². The molecule has 7 heteroatoms. The predicted octanol–water partition coefficient (Wildman–Crippen LogP) is 1.40. The van der Waals surface area contributed by atoms with Gasteiger partial charge in [0.25, 0.3) is 0 Å². The molecular formula is C10H8ClN3O2S. The van der Waals surface area contributed by atoms with Crippen LogP contribution in [0.2, 0.25) is 5.02 Å². The van der Waals surface area contributed by atoms with Gasteiger partial charge in [-0.3, -0.25) is 0 Å². The van der Waals surface area contributed by atoms with Gasteiger partial charge in [-0.15, -0.1) is 0 Å². The monoisotopic (exact) mass is 269 g/mol. The van der Waals surface area contributed by atoms with Crippen LogP contribution in [-0.4, -0.2) is 15.0 Å². The highest BCUT2D eigenvalue weighted by Crippen LogP contribution is 2.22. The third-order valence-corrected chi connectivity index (χ3v) is 3.82. The molecule has 0 bridgehead atoms. The molecule has 0 aliphatic rings. The molecule has 0 fully saturated rings. The molecule has 0 saturated heterocycles. The van der Waals surface area contributed by atoms with Crippen LogP contribution in [-0.2, 0) is 10.0 Å². The number of hydrogen-bond acceptors (Lipinski definition) is 4. The first-order chi connectivity index (χ1) is 8.01. The maximum Gasteiger partial charge on any atom is 0.242 e. The Morgan fingerprint density at radius 3 is 2.65 bits per heavy atom. The van der Waals surface area contributed by atoms with Gasteiger partial charge in [-0.05, 0) is 18.2 Å². The number of sulfonamides is 1. The summed E-state index contributed by atoms with van der Waals surface area (Å²) < 4.78 is 25.8. The van der Waals surface area contributed by atoms with Gasteiger partial charge in [-0.25, -0.2) is 13.1 Å². The minimum absolute atomic E-state index is 0.00590. The van der Waals surface area contributed by atoms with E-state index < -0.39 is 10.0 Å². The zero-order valence-corrected chi connectivity index (χ0v) is 10.2. The predicted molar refractivity (Wildman–Crippen MR) is 61.6 cm³/mol. The van der Waals surface area contributed by atoms with Gasteiger partial charge in [0, 0.05) is 13.0 Å². The molecule has 0 aromatic heterocycles. The van der Waals surface area contributed by atoms with Crippen molar-refractivity contribution >= 4 is 21.6 Å². The molecular weight excluding hydrogens is 262 g/mol. The summed E-state index contributed by atoms with van der Waals surface area (Å²) in [6, 6.07) is 7.61. The molecule has 0 unspecified atom stereocenters.